The molecule has 0 bridgehead atoms. The van der Waals surface area contributed by atoms with Crippen LogP contribution in [-0.4, -0.2) is 36.2 Å². The molecule has 2 aliphatic heterocycles. The van der Waals surface area contributed by atoms with Crippen molar-refractivity contribution in [3.63, 3.8) is 0 Å². The van der Waals surface area contributed by atoms with Crippen LogP contribution in [0, 0.1) is 0 Å². The molecule has 0 aliphatic carbocycles. The number of likely N-dealkylation sites (tertiary alicyclic amines) is 1. The van der Waals surface area contributed by atoms with E-state index in [4.69, 9.17) is 10.5 Å². The maximum atomic E-state index is 5.60. The molecule has 0 amide bonds. The SMILES string of the molecule is C1CCOC1.Nc1cccc(CN2CCCC2)n1. The summed E-state index contributed by atoms with van der Waals surface area (Å²) in [5, 5.41) is 0. The van der Waals surface area contributed by atoms with Crippen LogP contribution in [0.25, 0.3) is 0 Å². The van der Waals surface area contributed by atoms with Gasteiger partial charge in [-0.25, -0.2) is 4.98 Å². The van der Waals surface area contributed by atoms with Gasteiger partial charge >= 0.3 is 0 Å². The predicted octanol–water partition coefficient (Wildman–Crippen LogP) is 2.06. The maximum absolute atomic E-state index is 5.60. The normalized spacial score (nSPS) is 19.6. The van der Waals surface area contributed by atoms with Gasteiger partial charge in [-0.1, -0.05) is 6.07 Å². The molecule has 100 valence electrons. The highest BCUT2D eigenvalue weighted by atomic mass is 16.5. The molecule has 0 radical (unpaired) electrons. The largest absolute Gasteiger partial charge is 0.384 e. The van der Waals surface area contributed by atoms with E-state index in [2.05, 4.69) is 9.88 Å². The number of ether oxygens (including phenoxy) is 1. The number of aromatic nitrogens is 1. The van der Waals surface area contributed by atoms with Gasteiger partial charge in [-0.05, 0) is 50.9 Å². The Hall–Kier alpha value is -1.13. The van der Waals surface area contributed by atoms with E-state index in [0.717, 1.165) is 25.5 Å². The number of hydrogen-bond donors (Lipinski definition) is 1. The van der Waals surface area contributed by atoms with Crippen molar-refractivity contribution in [2.75, 3.05) is 32.0 Å². The fourth-order valence-electron chi connectivity index (χ4n) is 2.27. The molecule has 2 aliphatic rings. The molecule has 3 rings (SSSR count). The van der Waals surface area contributed by atoms with Gasteiger partial charge in [0.1, 0.15) is 5.82 Å². The van der Waals surface area contributed by atoms with Crippen molar-refractivity contribution in [2.45, 2.75) is 32.2 Å². The van der Waals surface area contributed by atoms with Gasteiger partial charge in [-0.2, -0.15) is 0 Å². The van der Waals surface area contributed by atoms with E-state index in [1.807, 2.05) is 18.2 Å². The second-order valence-electron chi connectivity index (χ2n) is 4.86. The topological polar surface area (TPSA) is 51.4 Å². The van der Waals surface area contributed by atoms with E-state index in [9.17, 15) is 0 Å². The Bertz CT molecular complexity index is 339. The van der Waals surface area contributed by atoms with Crippen molar-refractivity contribution in [1.29, 1.82) is 0 Å². The Balaban J connectivity index is 0.000000202. The van der Waals surface area contributed by atoms with Crippen molar-refractivity contribution in [3.8, 4) is 0 Å². The van der Waals surface area contributed by atoms with Crippen LogP contribution in [0.2, 0.25) is 0 Å². The number of nitrogen functional groups attached to an aromatic ring is 1. The molecule has 0 unspecified atom stereocenters. The molecule has 0 atom stereocenters. The summed E-state index contributed by atoms with van der Waals surface area (Å²) in [6.07, 6.45) is 5.20. The van der Waals surface area contributed by atoms with Gasteiger partial charge in [0, 0.05) is 19.8 Å². The van der Waals surface area contributed by atoms with E-state index >= 15 is 0 Å². The van der Waals surface area contributed by atoms with Gasteiger partial charge < -0.3 is 10.5 Å². The van der Waals surface area contributed by atoms with E-state index in [-0.39, 0.29) is 0 Å². The molecule has 0 spiro atoms. The van der Waals surface area contributed by atoms with Crippen LogP contribution in [-0.2, 0) is 11.3 Å². The molecule has 0 saturated carbocycles. The zero-order chi connectivity index (χ0) is 12.6. The van der Waals surface area contributed by atoms with Crippen LogP contribution >= 0.6 is 0 Å². The second-order valence-corrected chi connectivity index (χ2v) is 4.86. The molecular formula is C14H23N3O. The average molecular weight is 249 g/mol. The summed E-state index contributed by atoms with van der Waals surface area (Å²) in [6, 6.07) is 5.83. The van der Waals surface area contributed by atoms with Crippen LogP contribution < -0.4 is 5.73 Å². The minimum Gasteiger partial charge on any atom is -0.384 e. The van der Waals surface area contributed by atoms with Gasteiger partial charge in [0.05, 0.1) is 5.69 Å². The number of anilines is 1. The quantitative estimate of drug-likeness (QED) is 0.871. The fourth-order valence-corrected chi connectivity index (χ4v) is 2.27. The van der Waals surface area contributed by atoms with Crippen LogP contribution in [0.1, 0.15) is 31.4 Å². The molecule has 1 aromatic rings. The van der Waals surface area contributed by atoms with Crippen molar-refractivity contribution in [1.82, 2.24) is 9.88 Å². The number of nitrogens with zero attached hydrogens (tertiary/aromatic N) is 2. The average Bonchev–Trinajstić information content (AvgIpc) is 3.04. The summed E-state index contributed by atoms with van der Waals surface area (Å²) < 4.78 is 4.94. The molecule has 0 aromatic carbocycles. The smallest absolute Gasteiger partial charge is 0.123 e. The summed E-state index contributed by atoms with van der Waals surface area (Å²) in [5.41, 5.74) is 6.69. The second kappa shape index (κ2) is 7.34. The summed E-state index contributed by atoms with van der Waals surface area (Å²) in [6.45, 7) is 5.36. The van der Waals surface area contributed by atoms with Crippen LogP contribution in [0.3, 0.4) is 0 Å². The highest BCUT2D eigenvalue weighted by molar-refractivity contribution is 5.28. The summed E-state index contributed by atoms with van der Waals surface area (Å²) in [4.78, 5) is 6.69. The number of hydrogen-bond acceptors (Lipinski definition) is 4. The van der Waals surface area contributed by atoms with Crippen LogP contribution in [0.4, 0.5) is 5.82 Å². The van der Waals surface area contributed by atoms with Gasteiger partial charge in [0.15, 0.2) is 0 Å². The predicted molar refractivity (Wildman–Crippen MR) is 73.2 cm³/mol. The third-order valence-corrected chi connectivity index (χ3v) is 3.24. The highest BCUT2D eigenvalue weighted by Gasteiger charge is 2.11. The molecular weight excluding hydrogens is 226 g/mol. The van der Waals surface area contributed by atoms with E-state index in [1.54, 1.807) is 0 Å². The van der Waals surface area contributed by atoms with Crippen LogP contribution in [0.15, 0.2) is 18.2 Å². The van der Waals surface area contributed by atoms with Crippen molar-refractivity contribution in [3.05, 3.63) is 23.9 Å². The summed E-state index contributed by atoms with van der Waals surface area (Å²) in [5.74, 6) is 0.622. The Morgan fingerprint density at radius 3 is 2.39 bits per heavy atom. The first-order valence-corrected chi connectivity index (χ1v) is 6.86. The molecule has 18 heavy (non-hydrogen) atoms. The van der Waals surface area contributed by atoms with Crippen molar-refractivity contribution in [2.24, 2.45) is 0 Å². The lowest BCUT2D eigenvalue weighted by molar-refractivity contribution is 0.198. The van der Waals surface area contributed by atoms with Crippen LogP contribution in [0.5, 0.6) is 0 Å². The summed E-state index contributed by atoms with van der Waals surface area (Å²) in [7, 11) is 0. The molecule has 2 N–H and O–H groups in total. The third-order valence-electron chi connectivity index (χ3n) is 3.24. The monoisotopic (exact) mass is 249 g/mol. The number of pyridine rings is 1. The van der Waals surface area contributed by atoms with E-state index in [0.29, 0.717) is 5.82 Å². The number of nitrogens with two attached hydrogens (primary N) is 1. The first kappa shape index (κ1) is 13.3. The maximum Gasteiger partial charge on any atom is 0.123 e. The molecule has 2 saturated heterocycles. The third kappa shape index (κ3) is 4.63. The Morgan fingerprint density at radius 1 is 1.11 bits per heavy atom. The standard InChI is InChI=1S/C10H15N3.C4H8O/c11-10-5-3-4-9(12-10)8-13-6-1-2-7-13;1-2-4-5-3-1/h3-5H,1-2,6-8H2,(H2,11,12);1-4H2. The molecule has 2 fully saturated rings. The Labute approximate surface area is 109 Å². The molecule has 1 aromatic heterocycles. The Kier molecular flexibility index (Phi) is 5.42. The zero-order valence-electron chi connectivity index (χ0n) is 11.0. The first-order chi connectivity index (χ1) is 8.84. The van der Waals surface area contributed by atoms with E-state index < -0.39 is 0 Å². The lowest BCUT2D eigenvalue weighted by Crippen LogP contribution is -2.19. The molecule has 4 nitrogen and oxygen atoms in total. The van der Waals surface area contributed by atoms with Gasteiger partial charge in [-0.15, -0.1) is 0 Å². The minimum atomic E-state index is 0.622. The highest BCUT2D eigenvalue weighted by Crippen LogP contribution is 2.11. The summed E-state index contributed by atoms with van der Waals surface area (Å²) >= 11 is 0. The molecule has 3 heterocycles. The van der Waals surface area contributed by atoms with Gasteiger partial charge in [-0.3, -0.25) is 4.90 Å². The first-order valence-electron chi connectivity index (χ1n) is 6.86. The minimum absolute atomic E-state index is 0.622. The van der Waals surface area contributed by atoms with Crippen molar-refractivity contribution < 1.29 is 4.74 Å². The molecule has 4 heteroatoms. The zero-order valence-corrected chi connectivity index (χ0v) is 11.0. The fraction of sp³-hybridized carbons (Fsp3) is 0.643. The van der Waals surface area contributed by atoms with E-state index in [1.165, 1.54) is 38.8 Å². The van der Waals surface area contributed by atoms with Crippen molar-refractivity contribution >= 4 is 5.82 Å². The Morgan fingerprint density at radius 2 is 1.83 bits per heavy atom. The lowest BCUT2D eigenvalue weighted by Gasteiger charge is -2.13. The lowest BCUT2D eigenvalue weighted by atomic mass is 10.3. The number of rotatable bonds is 2. The van der Waals surface area contributed by atoms with Gasteiger partial charge in [0.25, 0.3) is 0 Å². The van der Waals surface area contributed by atoms with Gasteiger partial charge in [0.2, 0.25) is 0 Å².